The number of halogens is 3. The number of alkyl halides is 2. The molecule has 1 rings (SSSR count). The summed E-state index contributed by atoms with van der Waals surface area (Å²) in [6.45, 7) is -1.87. The van der Waals surface area contributed by atoms with Crippen molar-refractivity contribution < 1.29 is 23.6 Å². The first kappa shape index (κ1) is 16.2. The number of aliphatic hydroxyl groups excluding tert-OH is 1. The summed E-state index contributed by atoms with van der Waals surface area (Å²) in [7, 11) is 0. The maximum absolute atomic E-state index is 12.4. The molecule has 0 atom stereocenters. The molecule has 1 amide bonds. The molecule has 1 heterocycles. The molecule has 10 heteroatoms. The molecule has 0 fully saturated rings. The Bertz CT molecular complexity index is 515. The minimum absolute atomic E-state index is 0.375. The number of carbonyl (C=O) groups is 1. The van der Waals surface area contributed by atoms with Crippen molar-refractivity contribution >= 4 is 23.2 Å². The van der Waals surface area contributed by atoms with Gasteiger partial charge >= 0.3 is 5.69 Å². The minimum atomic E-state index is -2.83. The first-order chi connectivity index (χ1) is 9.38. The molecule has 0 saturated heterocycles. The highest BCUT2D eigenvalue weighted by molar-refractivity contribution is 6.32. The number of aliphatic hydroxyl groups is 1. The van der Waals surface area contributed by atoms with Gasteiger partial charge in [0, 0.05) is 12.7 Å². The normalized spacial score (nSPS) is 10.7. The van der Waals surface area contributed by atoms with Gasteiger partial charge in [-0.2, -0.15) is 0 Å². The van der Waals surface area contributed by atoms with Crippen molar-refractivity contribution in [1.82, 2.24) is 9.88 Å². The van der Waals surface area contributed by atoms with Gasteiger partial charge in [-0.25, -0.2) is 13.8 Å². The van der Waals surface area contributed by atoms with Gasteiger partial charge in [-0.05, 0) is 6.07 Å². The summed E-state index contributed by atoms with van der Waals surface area (Å²) in [6.07, 6.45) is -1.77. The van der Waals surface area contributed by atoms with Crippen LogP contribution in [0.2, 0.25) is 5.15 Å². The Morgan fingerprint density at radius 2 is 2.25 bits per heavy atom. The minimum Gasteiger partial charge on any atom is -0.395 e. The average molecular weight is 310 g/mol. The lowest BCUT2D eigenvalue weighted by molar-refractivity contribution is -0.385. The Balaban J connectivity index is 3.18. The first-order valence-electron chi connectivity index (χ1n) is 5.35. The van der Waals surface area contributed by atoms with Crippen LogP contribution < -0.4 is 0 Å². The second-order valence-corrected chi connectivity index (χ2v) is 3.98. The lowest BCUT2D eigenvalue weighted by atomic mass is 10.2. The van der Waals surface area contributed by atoms with Gasteiger partial charge in [0.05, 0.1) is 18.1 Å². The number of amides is 1. The molecule has 0 aliphatic rings. The molecule has 0 aromatic carbocycles. The molecule has 110 valence electrons. The Labute approximate surface area is 116 Å². The Morgan fingerprint density at radius 3 is 2.75 bits per heavy atom. The number of aromatic nitrogens is 1. The van der Waals surface area contributed by atoms with Crippen molar-refractivity contribution in [2.24, 2.45) is 0 Å². The summed E-state index contributed by atoms with van der Waals surface area (Å²) in [5.41, 5.74) is -1.21. The molecular formula is C10H10ClF2N3O4. The zero-order valence-corrected chi connectivity index (χ0v) is 10.8. The Kier molecular flexibility index (Phi) is 5.71. The van der Waals surface area contributed by atoms with Gasteiger partial charge in [0.15, 0.2) is 0 Å². The maximum Gasteiger partial charge on any atom is 0.319 e. The fourth-order valence-corrected chi connectivity index (χ4v) is 1.74. The van der Waals surface area contributed by atoms with E-state index in [-0.39, 0.29) is 6.54 Å². The van der Waals surface area contributed by atoms with Crippen molar-refractivity contribution in [2.75, 3.05) is 19.7 Å². The van der Waals surface area contributed by atoms with Crippen LogP contribution in [0.15, 0.2) is 12.3 Å². The number of nitro groups is 1. The molecule has 0 aliphatic heterocycles. The SMILES string of the molecule is O=C(c1ccnc(Cl)c1[N+](=O)[O-])N(CCO)CC(F)F. The lowest BCUT2D eigenvalue weighted by Gasteiger charge is -2.21. The summed E-state index contributed by atoms with van der Waals surface area (Å²) in [5, 5.41) is 19.1. The van der Waals surface area contributed by atoms with Gasteiger partial charge in [-0.3, -0.25) is 14.9 Å². The third kappa shape index (κ3) is 3.81. The predicted molar refractivity (Wildman–Crippen MR) is 64.9 cm³/mol. The molecule has 1 N–H and O–H groups in total. The molecule has 1 aromatic rings. The maximum atomic E-state index is 12.4. The molecule has 0 aliphatic carbocycles. The van der Waals surface area contributed by atoms with E-state index in [1.54, 1.807) is 0 Å². The van der Waals surface area contributed by atoms with E-state index < -0.39 is 46.8 Å². The second kappa shape index (κ2) is 7.06. The number of pyridine rings is 1. The third-order valence-corrected chi connectivity index (χ3v) is 2.58. The highest BCUT2D eigenvalue weighted by Gasteiger charge is 2.29. The van der Waals surface area contributed by atoms with Crippen molar-refractivity contribution in [3.63, 3.8) is 0 Å². The lowest BCUT2D eigenvalue weighted by Crippen LogP contribution is -2.37. The number of carbonyl (C=O) groups excluding carboxylic acids is 1. The molecular weight excluding hydrogens is 300 g/mol. The monoisotopic (exact) mass is 309 g/mol. The summed E-state index contributed by atoms with van der Waals surface area (Å²) < 4.78 is 24.7. The highest BCUT2D eigenvalue weighted by atomic mass is 35.5. The van der Waals surface area contributed by atoms with Gasteiger partial charge in [0.25, 0.3) is 12.3 Å². The number of rotatable bonds is 6. The molecule has 0 radical (unpaired) electrons. The average Bonchev–Trinajstić information content (AvgIpc) is 2.36. The van der Waals surface area contributed by atoms with E-state index in [1.165, 1.54) is 0 Å². The summed E-state index contributed by atoms with van der Waals surface area (Å²) in [5.74, 6) is -1.02. The van der Waals surface area contributed by atoms with Crippen molar-refractivity contribution in [3.05, 3.63) is 33.1 Å². The van der Waals surface area contributed by atoms with Crippen molar-refractivity contribution in [3.8, 4) is 0 Å². The van der Waals surface area contributed by atoms with Crippen LogP contribution in [0.5, 0.6) is 0 Å². The largest absolute Gasteiger partial charge is 0.395 e. The summed E-state index contributed by atoms with van der Waals surface area (Å²) >= 11 is 5.53. The number of hydrogen-bond donors (Lipinski definition) is 1. The predicted octanol–water partition coefficient (Wildman–Crippen LogP) is 1.34. The van der Waals surface area contributed by atoms with Gasteiger partial charge in [-0.1, -0.05) is 11.6 Å². The fourth-order valence-electron chi connectivity index (χ4n) is 1.51. The van der Waals surface area contributed by atoms with Gasteiger partial charge in [0.2, 0.25) is 5.15 Å². The topological polar surface area (TPSA) is 96.6 Å². The molecule has 7 nitrogen and oxygen atoms in total. The van der Waals surface area contributed by atoms with E-state index >= 15 is 0 Å². The molecule has 0 unspecified atom stereocenters. The standard InChI is InChI=1S/C10H10ClF2N3O4/c11-9-8(16(19)20)6(1-2-14-9)10(18)15(3-4-17)5-7(12)13/h1-2,7,17H,3-5H2. The molecule has 0 saturated carbocycles. The Hall–Kier alpha value is -1.87. The molecule has 0 spiro atoms. The van der Waals surface area contributed by atoms with Crippen LogP contribution >= 0.6 is 11.6 Å². The van der Waals surface area contributed by atoms with E-state index in [2.05, 4.69) is 4.98 Å². The van der Waals surface area contributed by atoms with Gasteiger partial charge < -0.3 is 10.0 Å². The third-order valence-electron chi connectivity index (χ3n) is 2.31. The second-order valence-electron chi connectivity index (χ2n) is 3.62. The van der Waals surface area contributed by atoms with E-state index in [9.17, 15) is 23.7 Å². The van der Waals surface area contributed by atoms with Crippen LogP contribution in [0, 0.1) is 10.1 Å². The van der Waals surface area contributed by atoms with Crippen LogP contribution in [0.4, 0.5) is 14.5 Å². The zero-order valence-electron chi connectivity index (χ0n) is 10.0. The fraction of sp³-hybridized carbons (Fsp3) is 0.400. The van der Waals surface area contributed by atoms with E-state index in [0.717, 1.165) is 12.3 Å². The van der Waals surface area contributed by atoms with Gasteiger partial charge in [0.1, 0.15) is 5.56 Å². The van der Waals surface area contributed by atoms with Crippen LogP contribution in [-0.4, -0.2) is 51.9 Å². The van der Waals surface area contributed by atoms with Crippen LogP contribution in [0.1, 0.15) is 10.4 Å². The van der Waals surface area contributed by atoms with Crippen LogP contribution in [0.3, 0.4) is 0 Å². The quantitative estimate of drug-likeness (QED) is 0.486. The van der Waals surface area contributed by atoms with Crippen molar-refractivity contribution in [1.29, 1.82) is 0 Å². The first-order valence-corrected chi connectivity index (χ1v) is 5.73. The van der Waals surface area contributed by atoms with Crippen LogP contribution in [-0.2, 0) is 0 Å². The molecule has 1 aromatic heterocycles. The number of hydrogen-bond acceptors (Lipinski definition) is 5. The molecule has 20 heavy (non-hydrogen) atoms. The van der Waals surface area contributed by atoms with E-state index in [1.807, 2.05) is 0 Å². The summed E-state index contributed by atoms with van der Waals surface area (Å²) in [4.78, 5) is 26.1. The zero-order chi connectivity index (χ0) is 15.3. The van der Waals surface area contributed by atoms with E-state index in [0.29, 0.717) is 4.90 Å². The van der Waals surface area contributed by atoms with Crippen LogP contribution in [0.25, 0.3) is 0 Å². The van der Waals surface area contributed by atoms with Crippen molar-refractivity contribution in [2.45, 2.75) is 6.43 Å². The van der Waals surface area contributed by atoms with E-state index in [4.69, 9.17) is 16.7 Å². The summed E-state index contributed by atoms with van der Waals surface area (Å²) in [6, 6.07) is 1.02. The van der Waals surface area contributed by atoms with Gasteiger partial charge in [-0.15, -0.1) is 0 Å². The smallest absolute Gasteiger partial charge is 0.319 e. The number of nitrogens with zero attached hydrogens (tertiary/aromatic N) is 3. The Morgan fingerprint density at radius 1 is 1.60 bits per heavy atom. The highest BCUT2D eigenvalue weighted by Crippen LogP contribution is 2.27. The molecule has 0 bridgehead atoms.